The van der Waals surface area contributed by atoms with Crippen LogP contribution in [0.25, 0.3) is 0 Å². The highest BCUT2D eigenvalue weighted by Gasteiger charge is 2.26. The number of piperazine rings is 1. The summed E-state index contributed by atoms with van der Waals surface area (Å²) in [5.41, 5.74) is 1.40. The van der Waals surface area contributed by atoms with Gasteiger partial charge in [-0.2, -0.15) is 0 Å². The normalized spacial score (nSPS) is 20.0. The monoisotopic (exact) mass is 296 g/mol. The number of para-hydroxylation sites is 1. The Kier molecular flexibility index (Phi) is 5.09. The van der Waals surface area contributed by atoms with Crippen LogP contribution < -0.4 is 4.74 Å². The number of nitrogens with zero attached hydrogens (tertiary/aromatic N) is 2. The molecule has 116 valence electrons. The third-order valence-corrected chi connectivity index (χ3v) is 4.27. The zero-order valence-electron chi connectivity index (χ0n) is 13.2. The fourth-order valence-corrected chi connectivity index (χ4v) is 3.01. The molecule has 1 heterocycles. The zero-order chi connectivity index (χ0) is 15.2. The fraction of sp³-hybridized carbons (Fsp3) is 0.368. The molecular weight excluding hydrogens is 272 g/mol. The first-order chi connectivity index (χ1) is 10.8. The topological polar surface area (TPSA) is 15.7 Å². The van der Waals surface area contributed by atoms with Crippen molar-refractivity contribution in [3.05, 3.63) is 66.2 Å². The van der Waals surface area contributed by atoms with E-state index in [4.69, 9.17) is 4.74 Å². The number of benzene rings is 2. The van der Waals surface area contributed by atoms with Crippen molar-refractivity contribution in [2.24, 2.45) is 0 Å². The molecule has 3 rings (SSSR count). The predicted octanol–water partition coefficient (Wildman–Crippen LogP) is 3.05. The Hall–Kier alpha value is -1.84. The van der Waals surface area contributed by atoms with Crippen molar-refractivity contribution in [1.29, 1.82) is 0 Å². The summed E-state index contributed by atoms with van der Waals surface area (Å²) in [5, 5.41) is 0. The molecule has 1 atom stereocenters. The summed E-state index contributed by atoms with van der Waals surface area (Å²) < 4.78 is 5.86. The first-order valence-electron chi connectivity index (χ1n) is 7.98. The Labute approximate surface area is 133 Å². The minimum Gasteiger partial charge on any atom is -0.492 e. The molecule has 0 aromatic heterocycles. The molecule has 0 amide bonds. The van der Waals surface area contributed by atoms with Gasteiger partial charge in [-0.3, -0.25) is 4.90 Å². The SMILES string of the molecule is CN1CCN(CCOc2ccccc2)C(c2ccccc2)C1. The van der Waals surface area contributed by atoms with E-state index in [2.05, 4.69) is 47.2 Å². The van der Waals surface area contributed by atoms with Gasteiger partial charge in [0.1, 0.15) is 12.4 Å². The molecule has 1 aliphatic rings. The van der Waals surface area contributed by atoms with Gasteiger partial charge in [0.15, 0.2) is 0 Å². The molecule has 1 fully saturated rings. The first kappa shape index (κ1) is 15.1. The third-order valence-electron chi connectivity index (χ3n) is 4.27. The van der Waals surface area contributed by atoms with Crippen LogP contribution in [0.15, 0.2) is 60.7 Å². The minimum atomic E-state index is 0.458. The average Bonchev–Trinajstić information content (AvgIpc) is 2.58. The molecule has 3 nitrogen and oxygen atoms in total. The van der Waals surface area contributed by atoms with Crippen LogP contribution >= 0.6 is 0 Å². The molecule has 0 N–H and O–H groups in total. The van der Waals surface area contributed by atoms with Gasteiger partial charge in [0.2, 0.25) is 0 Å². The highest BCUT2D eigenvalue weighted by Crippen LogP contribution is 2.24. The van der Waals surface area contributed by atoms with Crippen molar-refractivity contribution in [2.75, 3.05) is 39.8 Å². The maximum Gasteiger partial charge on any atom is 0.119 e. The molecule has 3 heteroatoms. The first-order valence-corrected chi connectivity index (χ1v) is 7.98. The average molecular weight is 296 g/mol. The van der Waals surface area contributed by atoms with Gasteiger partial charge in [-0.25, -0.2) is 0 Å². The van der Waals surface area contributed by atoms with Gasteiger partial charge in [-0.05, 0) is 24.7 Å². The van der Waals surface area contributed by atoms with Crippen molar-refractivity contribution >= 4 is 0 Å². The molecule has 0 radical (unpaired) electrons. The van der Waals surface area contributed by atoms with E-state index in [-0.39, 0.29) is 0 Å². The van der Waals surface area contributed by atoms with Crippen LogP contribution in [-0.2, 0) is 0 Å². The van der Waals surface area contributed by atoms with Crippen LogP contribution in [0.3, 0.4) is 0 Å². The Morgan fingerprint density at radius 2 is 1.64 bits per heavy atom. The van der Waals surface area contributed by atoms with Crippen molar-refractivity contribution in [2.45, 2.75) is 6.04 Å². The molecule has 0 saturated carbocycles. The Morgan fingerprint density at radius 3 is 2.36 bits per heavy atom. The lowest BCUT2D eigenvalue weighted by molar-refractivity contribution is 0.0763. The summed E-state index contributed by atoms with van der Waals surface area (Å²) in [6.45, 7) is 4.98. The van der Waals surface area contributed by atoms with E-state index in [1.807, 2.05) is 30.3 Å². The van der Waals surface area contributed by atoms with E-state index in [1.165, 1.54) is 5.56 Å². The van der Waals surface area contributed by atoms with Gasteiger partial charge in [0.05, 0.1) is 0 Å². The summed E-state index contributed by atoms with van der Waals surface area (Å²) in [6.07, 6.45) is 0. The number of likely N-dealkylation sites (N-methyl/N-ethyl adjacent to an activating group) is 1. The quantitative estimate of drug-likeness (QED) is 0.843. The molecule has 0 bridgehead atoms. The molecule has 22 heavy (non-hydrogen) atoms. The number of ether oxygens (including phenoxy) is 1. The molecular formula is C19H24N2O. The zero-order valence-corrected chi connectivity index (χ0v) is 13.2. The maximum absolute atomic E-state index is 5.86. The lowest BCUT2D eigenvalue weighted by Crippen LogP contribution is -2.47. The summed E-state index contributed by atoms with van der Waals surface area (Å²) in [4.78, 5) is 4.95. The fourth-order valence-electron chi connectivity index (χ4n) is 3.01. The maximum atomic E-state index is 5.86. The number of hydrogen-bond acceptors (Lipinski definition) is 3. The van der Waals surface area contributed by atoms with E-state index >= 15 is 0 Å². The highest BCUT2D eigenvalue weighted by atomic mass is 16.5. The second-order valence-electron chi connectivity index (χ2n) is 5.89. The largest absolute Gasteiger partial charge is 0.492 e. The molecule has 1 unspecified atom stereocenters. The number of hydrogen-bond donors (Lipinski definition) is 0. The lowest BCUT2D eigenvalue weighted by atomic mass is 10.0. The van der Waals surface area contributed by atoms with Gasteiger partial charge in [-0.1, -0.05) is 48.5 Å². The van der Waals surface area contributed by atoms with Gasteiger partial charge in [0, 0.05) is 32.2 Å². The van der Waals surface area contributed by atoms with E-state index < -0.39 is 0 Å². The second kappa shape index (κ2) is 7.43. The smallest absolute Gasteiger partial charge is 0.119 e. The highest BCUT2D eigenvalue weighted by molar-refractivity contribution is 5.21. The van der Waals surface area contributed by atoms with Crippen molar-refractivity contribution in [1.82, 2.24) is 9.80 Å². The standard InChI is InChI=1S/C19H24N2O/c1-20-12-13-21(14-15-22-18-10-6-3-7-11-18)19(16-20)17-8-4-2-5-9-17/h2-11,19H,12-16H2,1H3. The van der Waals surface area contributed by atoms with Crippen molar-refractivity contribution < 1.29 is 4.74 Å². The van der Waals surface area contributed by atoms with Crippen LogP contribution in [0, 0.1) is 0 Å². The second-order valence-corrected chi connectivity index (χ2v) is 5.89. The number of rotatable bonds is 5. The molecule has 0 aliphatic carbocycles. The van der Waals surface area contributed by atoms with Gasteiger partial charge >= 0.3 is 0 Å². The summed E-state index contributed by atoms with van der Waals surface area (Å²) in [7, 11) is 2.20. The minimum absolute atomic E-state index is 0.458. The van der Waals surface area contributed by atoms with Crippen molar-refractivity contribution in [3.8, 4) is 5.75 Å². The van der Waals surface area contributed by atoms with E-state index in [0.29, 0.717) is 6.04 Å². The third kappa shape index (κ3) is 3.87. The molecule has 2 aromatic rings. The predicted molar refractivity (Wildman–Crippen MR) is 90.2 cm³/mol. The van der Waals surface area contributed by atoms with Gasteiger partial charge in [0.25, 0.3) is 0 Å². The van der Waals surface area contributed by atoms with Gasteiger partial charge < -0.3 is 9.64 Å². The van der Waals surface area contributed by atoms with E-state index in [9.17, 15) is 0 Å². The Bertz CT molecular complexity index is 558. The van der Waals surface area contributed by atoms with Crippen LogP contribution in [0.5, 0.6) is 5.75 Å². The molecule has 1 aliphatic heterocycles. The van der Waals surface area contributed by atoms with Crippen LogP contribution in [0.1, 0.15) is 11.6 Å². The Morgan fingerprint density at radius 1 is 0.955 bits per heavy atom. The summed E-state index contributed by atoms with van der Waals surface area (Å²) >= 11 is 0. The summed E-state index contributed by atoms with van der Waals surface area (Å²) in [6, 6.07) is 21.3. The Balaban J connectivity index is 1.60. The van der Waals surface area contributed by atoms with Crippen LogP contribution in [-0.4, -0.2) is 49.6 Å². The van der Waals surface area contributed by atoms with Crippen LogP contribution in [0.4, 0.5) is 0 Å². The molecule has 1 saturated heterocycles. The van der Waals surface area contributed by atoms with Crippen molar-refractivity contribution in [3.63, 3.8) is 0 Å². The lowest BCUT2D eigenvalue weighted by Gasteiger charge is -2.40. The summed E-state index contributed by atoms with van der Waals surface area (Å²) in [5.74, 6) is 0.952. The molecule has 2 aromatic carbocycles. The van der Waals surface area contributed by atoms with Gasteiger partial charge in [-0.15, -0.1) is 0 Å². The van der Waals surface area contributed by atoms with Crippen LogP contribution in [0.2, 0.25) is 0 Å². The molecule has 0 spiro atoms. The van der Waals surface area contributed by atoms with E-state index in [0.717, 1.165) is 38.5 Å². The van der Waals surface area contributed by atoms with E-state index in [1.54, 1.807) is 0 Å².